The normalized spacial score (nSPS) is 22.2. The van der Waals surface area contributed by atoms with Gasteiger partial charge in [-0.25, -0.2) is 0 Å². The standard InChI is InChI=1S/C17H22O2/c1-3-17(18)14-9-6-10-16(11-14)19-12-15-8-5-4-7-13(15)2/h4-6,9-11,13,15H,3,7-8,12H2,1-2H3. The van der Waals surface area contributed by atoms with E-state index < -0.39 is 0 Å². The topological polar surface area (TPSA) is 26.3 Å². The predicted octanol–water partition coefficient (Wildman–Crippen LogP) is 4.26. The molecule has 2 nitrogen and oxygen atoms in total. The molecule has 0 N–H and O–H groups in total. The second kappa shape index (κ2) is 6.55. The molecule has 0 bridgehead atoms. The first-order valence-electron chi connectivity index (χ1n) is 7.11. The van der Waals surface area contributed by atoms with Crippen molar-refractivity contribution in [3.63, 3.8) is 0 Å². The van der Waals surface area contributed by atoms with Crippen molar-refractivity contribution in [3.8, 4) is 5.75 Å². The summed E-state index contributed by atoms with van der Waals surface area (Å²) in [5.41, 5.74) is 0.747. The van der Waals surface area contributed by atoms with Gasteiger partial charge >= 0.3 is 0 Å². The highest BCUT2D eigenvalue weighted by molar-refractivity contribution is 5.96. The van der Waals surface area contributed by atoms with Crippen molar-refractivity contribution in [1.29, 1.82) is 0 Å². The minimum absolute atomic E-state index is 0.166. The molecule has 2 atom stereocenters. The average molecular weight is 258 g/mol. The van der Waals surface area contributed by atoms with Crippen LogP contribution >= 0.6 is 0 Å². The minimum atomic E-state index is 0.166. The number of benzene rings is 1. The van der Waals surface area contributed by atoms with Crippen LogP contribution in [0.25, 0.3) is 0 Å². The van der Waals surface area contributed by atoms with Crippen LogP contribution in [0.1, 0.15) is 43.5 Å². The van der Waals surface area contributed by atoms with Crippen molar-refractivity contribution in [1.82, 2.24) is 0 Å². The number of ketones is 1. The Balaban J connectivity index is 1.96. The van der Waals surface area contributed by atoms with Gasteiger partial charge in [0.25, 0.3) is 0 Å². The quantitative estimate of drug-likeness (QED) is 0.582. The maximum Gasteiger partial charge on any atom is 0.162 e. The number of carbonyl (C=O) groups excluding carboxylic acids is 1. The van der Waals surface area contributed by atoms with Gasteiger partial charge in [-0.3, -0.25) is 4.79 Å². The Hall–Kier alpha value is -1.57. The van der Waals surface area contributed by atoms with Crippen molar-refractivity contribution in [2.45, 2.75) is 33.1 Å². The zero-order valence-electron chi connectivity index (χ0n) is 11.8. The van der Waals surface area contributed by atoms with Crippen LogP contribution in [-0.4, -0.2) is 12.4 Å². The number of hydrogen-bond donors (Lipinski definition) is 0. The molecule has 0 amide bonds. The van der Waals surface area contributed by atoms with Crippen LogP contribution < -0.4 is 4.74 Å². The van der Waals surface area contributed by atoms with E-state index >= 15 is 0 Å². The maximum absolute atomic E-state index is 11.7. The highest BCUT2D eigenvalue weighted by Crippen LogP contribution is 2.26. The molecule has 2 rings (SSSR count). The van der Waals surface area contributed by atoms with E-state index in [-0.39, 0.29) is 5.78 Å². The number of hydrogen-bond acceptors (Lipinski definition) is 2. The summed E-state index contributed by atoms with van der Waals surface area (Å²) >= 11 is 0. The Labute approximate surface area is 115 Å². The van der Waals surface area contributed by atoms with Crippen LogP contribution in [0, 0.1) is 11.8 Å². The largest absolute Gasteiger partial charge is 0.493 e. The number of carbonyl (C=O) groups is 1. The number of Topliss-reactive ketones (excluding diaryl/α,β-unsaturated/α-hetero) is 1. The molecule has 2 heteroatoms. The lowest BCUT2D eigenvalue weighted by atomic mass is 9.85. The fourth-order valence-electron chi connectivity index (χ4n) is 2.41. The molecule has 0 saturated carbocycles. The summed E-state index contributed by atoms with van der Waals surface area (Å²) in [6.07, 6.45) is 7.26. The van der Waals surface area contributed by atoms with Gasteiger partial charge in [0.15, 0.2) is 5.78 Å². The van der Waals surface area contributed by atoms with E-state index in [4.69, 9.17) is 4.74 Å². The van der Waals surface area contributed by atoms with E-state index in [0.717, 1.165) is 30.8 Å². The SMILES string of the molecule is CCC(=O)c1cccc(OCC2CC=CCC2C)c1. The summed E-state index contributed by atoms with van der Waals surface area (Å²) < 4.78 is 5.87. The molecule has 1 aromatic rings. The summed E-state index contributed by atoms with van der Waals surface area (Å²) in [7, 11) is 0. The molecule has 0 aromatic heterocycles. The van der Waals surface area contributed by atoms with Crippen LogP contribution in [0.3, 0.4) is 0 Å². The Bertz CT molecular complexity index is 462. The maximum atomic E-state index is 11.7. The fourth-order valence-corrected chi connectivity index (χ4v) is 2.41. The van der Waals surface area contributed by atoms with Crippen molar-refractivity contribution in [2.24, 2.45) is 11.8 Å². The van der Waals surface area contributed by atoms with Gasteiger partial charge in [0, 0.05) is 12.0 Å². The zero-order valence-corrected chi connectivity index (χ0v) is 11.8. The van der Waals surface area contributed by atoms with E-state index in [2.05, 4.69) is 19.1 Å². The third-order valence-electron chi connectivity index (χ3n) is 3.86. The van der Waals surface area contributed by atoms with Crippen LogP contribution in [-0.2, 0) is 0 Å². The molecule has 0 saturated heterocycles. The summed E-state index contributed by atoms with van der Waals surface area (Å²) in [5.74, 6) is 2.22. The Morgan fingerprint density at radius 3 is 2.84 bits per heavy atom. The Morgan fingerprint density at radius 1 is 1.32 bits per heavy atom. The molecule has 1 aliphatic carbocycles. The van der Waals surface area contributed by atoms with Gasteiger partial charge in [-0.05, 0) is 36.8 Å². The lowest BCUT2D eigenvalue weighted by Gasteiger charge is -2.25. The van der Waals surface area contributed by atoms with Gasteiger partial charge in [-0.15, -0.1) is 0 Å². The van der Waals surface area contributed by atoms with E-state index in [9.17, 15) is 4.79 Å². The second-order valence-electron chi connectivity index (χ2n) is 5.30. The molecule has 0 radical (unpaired) electrons. The van der Waals surface area contributed by atoms with Crippen LogP contribution in [0.4, 0.5) is 0 Å². The van der Waals surface area contributed by atoms with Crippen molar-refractivity contribution in [2.75, 3.05) is 6.61 Å². The first kappa shape index (κ1) is 13.9. The first-order chi connectivity index (χ1) is 9.20. The Morgan fingerprint density at radius 2 is 2.11 bits per heavy atom. The summed E-state index contributed by atoms with van der Waals surface area (Å²) in [6.45, 7) is 4.88. The molecule has 0 heterocycles. The van der Waals surface area contributed by atoms with Gasteiger partial charge in [0.1, 0.15) is 5.75 Å². The fraction of sp³-hybridized carbons (Fsp3) is 0.471. The molecule has 0 fully saturated rings. The predicted molar refractivity (Wildman–Crippen MR) is 77.6 cm³/mol. The molecular weight excluding hydrogens is 236 g/mol. The molecule has 1 aliphatic rings. The number of rotatable bonds is 5. The zero-order chi connectivity index (χ0) is 13.7. The average Bonchev–Trinajstić information content (AvgIpc) is 2.46. The molecule has 2 unspecified atom stereocenters. The minimum Gasteiger partial charge on any atom is -0.493 e. The highest BCUT2D eigenvalue weighted by Gasteiger charge is 2.18. The number of ether oxygens (including phenoxy) is 1. The Kier molecular flexibility index (Phi) is 4.78. The highest BCUT2D eigenvalue weighted by atomic mass is 16.5. The van der Waals surface area contributed by atoms with Gasteiger partial charge in [0.05, 0.1) is 6.61 Å². The monoisotopic (exact) mass is 258 g/mol. The van der Waals surface area contributed by atoms with E-state index in [1.807, 2.05) is 31.2 Å². The van der Waals surface area contributed by atoms with Gasteiger partial charge in [0.2, 0.25) is 0 Å². The summed E-state index contributed by atoms with van der Waals surface area (Å²) in [4.78, 5) is 11.7. The van der Waals surface area contributed by atoms with Gasteiger partial charge in [-0.1, -0.05) is 38.1 Å². The van der Waals surface area contributed by atoms with E-state index in [0.29, 0.717) is 18.3 Å². The van der Waals surface area contributed by atoms with Crippen molar-refractivity contribution >= 4 is 5.78 Å². The molecule has 102 valence electrons. The second-order valence-corrected chi connectivity index (χ2v) is 5.30. The van der Waals surface area contributed by atoms with Crippen LogP contribution in [0.2, 0.25) is 0 Å². The number of allylic oxidation sites excluding steroid dienone is 2. The van der Waals surface area contributed by atoms with E-state index in [1.54, 1.807) is 0 Å². The summed E-state index contributed by atoms with van der Waals surface area (Å²) in [6, 6.07) is 7.53. The molecule has 19 heavy (non-hydrogen) atoms. The third kappa shape index (κ3) is 3.69. The first-order valence-corrected chi connectivity index (χ1v) is 7.11. The molecule has 0 spiro atoms. The molecule has 1 aromatic carbocycles. The molecular formula is C17H22O2. The summed E-state index contributed by atoms with van der Waals surface area (Å²) in [5, 5.41) is 0. The molecule has 0 aliphatic heterocycles. The third-order valence-corrected chi connectivity index (χ3v) is 3.86. The van der Waals surface area contributed by atoms with Crippen molar-refractivity contribution < 1.29 is 9.53 Å². The lowest BCUT2D eigenvalue weighted by molar-refractivity contribution is 0.0987. The smallest absolute Gasteiger partial charge is 0.162 e. The van der Waals surface area contributed by atoms with Crippen LogP contribution in [0.15, 0.2) is 36.4 Å². The van der Waals surface area contributed by atoms with Gasteiger partial charge < -0.3 is 4.74 Å². The van der Waals surface area contributed by atoms with Crippen LogP contribution in [0.5, 0.6) is 5.75 Å². The van der Waals surface area contributed by atoms with E-state index in [1.165, 1.54) is 0 Å². The lowest BCUT2D eigenvalue weighted by Crippen LogP contribution is -2.21. The van der Waals surface area contributed by atoms with Crippen molar-refractivity contribution in [3.05, 3.63) is 42.0 Å². The van der Waals surface area contributed by atoms with Gasteiger partial charge in [-0.2, -0.15) is 0 Å².